The zero-order valence-electron chi connectivity index (χ0n) is 9.92. The van der Waals surface area contributed by atoms with E-state index in [0.29, 0.717) is 12.3 Å². The Bertz CT molecular complexity index is 432. The molecular formula is C12H15NO5. The highest BCUT2D eigenvalue weighted by Crippen LogP contribution is 2.13. The third-order valence-electron chi connectivity index (χ3n) is 2.24. The Morgan fingerprint density at radius 1 is 1.39 bits per heavy atom. The van der Waals surface area contributed by atoms with Crippen LogP contribution in [0, 0.1) is 0 Å². The van der Waals surface area contributed by atoms with Gasteiger partial charge in [-0.25, -0.2) is 4.79 Å². The Hall–Kier alpha value is -2.08. The molecule has 0 fully saturated rings. The van der Waals surface area contributed by atoms with Crippen molar-refractivity contribution in [3.8, 4) is 5.75 Å². The summed E-state index contributed by atoms with van der Waals surface area (Å²) in [5.41, 5.74) is 0.825. The van der Waals surface area contributed by atoms with Gasteiger partial charge >= 0.3 is 11.9 Å². The summed E-state index contributed by atoms with van der Waals surface area (Å²) in [5, 5.41) is 20.0. The van der Waals surface area contributed by atoms with Crippen molar-refractivity contribution in [2.24, 2.45) is 0 Å². The molecule has 1 aromatic rings. The molecule has 0 aliphatic heterocycles. The maximum atomic E-state index is 10.6. The van der Waals surface area contributed by atoms with E-state index >= 15 is 0 Å². The number of carboxylic acids is 2. The fourth-order valence-corrected chi connectivity index (χ4v) is 1.25. The smallest absolute Gasteiger partial charge is 0.341 e. The number of carboxylic acid groups (broad SMARTS) is 2. The normalized spacial score (nSPS) is 11.8. The van der Waals surface area contributed by atoms with Crippen molar-refractivity contribution in [3.63, 3.8) is 0 Å². The van der Waals surface area contributed by atoms with Crippen LogP contribution < -0.4 is 10.1 Å². The van der Waals surface area contributed by atoms with E-state index in [4.69, 9.17) is 14.9 Å². The summed E-state index contributed by atoms with van der Waals surface area (Å²) in [7, 11) is 0. The Morgan fingerprint density at radius 3 is 2.72 bits per heavy atom. The van der Waals surface area contributed by atoms with Gasteiger partial charge in [-0.3, -0.25) is 4.79 Å². The van der Waals surface area contributed by atoms with Gasteiger partial charge < -0.3 is 20.3 Å². The van der Waals surface area contributed by atoms with Crippen molar-refractivity contribution in [2.75, 3.05) is 6.61 Å². The third kappa shape index (κ3) is 4.84. The zero-order chi connectivity index (χ0) is 13.5. The average Bonchev–Trinajstić information content (AvgIpc) is 2.33. The highest BCUT2D eigenvalue weighted by Gasteiger charge is 2.09. The molecule has 0 saturated heterocycles. The molecule has 3 N–H and O–H groups in total. The molecule has 0 heterocycles. The van der Waals surface area contributed by atoms with E-state index < -0.39 is 24.6 Å². The molecule has 0 radical (unpaired) electrons. The molecule has 6 heteroatoms. The lowest BCUT2D eigenvalue weighted by Crippen LogP contribution is -2.33. The summed E-state index contributed by atoms with van der Waals surface area (Å²) in [6, 6.07) is 6.19. The minimum atomic E-state index is -1.04. The van der Waals surface area contributed by atoms with Crippen molar-refractivity contribution in [1.82, 2.24) is 5.32 Å². The molecule has 0 aromatic heterocycles. The molecule has 0 aliphatic carbocycles. The predicted octanol–water partition coefficient (Wildman–Crippen LogP) is 0.713. The highest BCUT2D eigenvalue weighted by atomic mass is 16.5. The summed E-state index contributed by atoms with van der Waals surface area (Å²) in [4.78, 5) is 21.0. The van der Waals surface area contributed by atoms with E-state index in [-0.39, 0.29) is 0 Å². The lowest BCUT2D eigenvalue weighted by Gasteiger charge is -2.10. The second-order valence-electron chi connectivity index (χ2n) is 3.77. The number of benzene rings is 1. The Balaban J connectivity index is 2.54. The van der Waals surface area contributed by atoms with Crippen molar-refractivity contribution in [2.45, 2.75) is 19.5 Å². The van der Waals surface area contributed by atoms with Gasteiger partial charge in [-0.1, -0.05) is 12.1 Å². The molecule has 1 atom stereocenters. The van der Waals surface area contributed by atoms with Crippen LogP contribution in [-0.2, 0) is 16.1 Å². The number of hydrogen-bond acceptors (Lipinski definition) is 4. The van der Waals surface area contributed by atoms with Crippen LogP contribution in [0.15, 0.2) is 24.3 Å². The summed E-state index contributed by atoms with van der Waals surface area (Å²) < 4.78 is 5.02. The molecule has 0 bridgehead atoms. The van der Waals surface area contributed by atoms with Crippen molar-refractivity contribution < 1.29 is 24.5 Å². The SMILES string of the molecule is C[C@H](NCc1cccc(OCC(=O)O)c1)C(=O)O. The molecule has 1 aromatic carbocycles. The fourth-order valence-electron chi connectivity index (χ4n) is 1.25. The first-order chi connectivity index (χ1) is 8.49. The Labute approximate surface area is 104 Å². The highest BCUT2D eigenvalue weighted by molar-refractivity contribution is 5.72. The van der Waals surface area contributed by atoms with Gasteiger partial charge in [-0.2, -0.15) is 0 Å². The van der Waals surface area contributed by atoms with Crippen LogP contribution in [0.25, 0.3) is 0 Å². The molecule has 0 spiro atoms. The molecule has 0 aliphatic rings. The van der Waals surface area contributed by atoms with E-state index in [1.54, 1.807) is 31.2 Å². The molecule has 18 heavy (non-hydrogen) atoms. The second-order valence-corrected chi connectivity index (χ2v) is 3.77. The van der Waals surface area contributed by atoms with E-state index in [0.717, 1.165) is 5.56 Å². The van der Waals surface area contributed by atoms with Crippen LogP contribution in [-0.4, -0.2) is 34.8 Å². The molecule has 0 amide bonds. The second kappa shape index (κ2) is 6.61. The monoisotopic (exact) mass is 253 g/mol. The van der Waals surface area contributed by atoms with E-state index in [1.165, 1.54) is 0 Å². The predicted molar refractivity (Wildman–Crippen MR) is 63.5 cm³/mol. The minimum Gasteiger partial charge on any atom is -0.482 e. The van der Waals surface area contributed by atoms with Crippen LogP contribution >= 0.6 is 0 Å². The number of aliphatic carboxylic acids is 2. The topological polar surface area (TPSA) is 95.9 Å². The number of ether oxygens (including phenoxy) is 1. The fraction of sp³-hybridized carbons (Fsp3) is 0.333. The first kappa shape index (κ1) is 14.0. The number of nitrogens with one attached hydrogen (secondary N) is 1. The Kier molecular flexibility index (Phi) is 5.13. The van der Waals surface area contributed by atoms with Crippen molar-refractivity contribution >= 4 is 11.9 Å². The van der Waals surface area contributed by atoms with Gasteiger partial charge in [0.2, 0.25) is 0 Å². The maximum absolute atomic E-state index is 10.6. The first-order valence-corrected chi connectivity index (χ1v) is 5.38. The van der Waals surface area contributed by atoms with Gasteiger partial charge in [0.05, 0.1) is 0 Å². The number of rotatable bonds is 7. The molecule has 6 nitrogen and oxygen atoms in total. The summed E-state index contributed by atoms with van der Waals surface area (Å²) in [5.74, 6) is -1.52. The van der Waals surface area contributed by atoms with Crippen LogP contribution in [0.5, 0.6) is 5.75 Å². The van der Waals surface area contributed by atoms with E-state index in [9.17, 15) is 9.59 Å². The van der Waals surface area contributed by atoms with Crippen LogP contribution in [0.4, 0.5) is 0 Å². The van der Waals surface area contributed by atoms with Crippen molar-refractivity contribution in [1.29, 1.82) is 0 Å². The van der Waals surface area contributed by atoms with Crippen molar-refractivity contribution in [3.05, 3.63) is 29.8 Å². The number of hydrogen-bond donors (Lipinski definition) is 3. The molecule has 1 rings (SSSR count). The molecule has 98 valence electrons. The van der Waals surface area contributed by atoms with Gasteiger partial charge in [0.25, 0.3) is 0 Å². The summed E-state index contributed by atoms with van der Waals surface area (Å²) >= 11 is 0. The minimum absolute atomic E-state index is 0.373. The lowest BCUT2D eigenvalue weighted by atomic mass is 10.2. The van der Waals surface area contributed by atoms with E-state index in [1.807, 2.05) is 0 Å². The summed E-state index contributed by atoms with van der Waals surface area (Å²) in [6.07, 6.45) is 0. The maximum Gasteiger partial charge on any atom is 0.341 e. The standard InChI is InChI=1S/C12H15NO5/c1-8(12(16)17)13-6-9-3-2-4-10(5-9)18-7-11(14)15/h2-5,8,13H,6-7H2,1H3,(H,14,15)(H,16,17)/t8-/m0/s1. The summed E-state index contributed by atoms with van der Waals surface area (Å²) in [6.45, 7) is 1.52. The third-order valence-corrected chi connectivity index (χ3v) is 2.24. The zero-order valence-corrected chi connectivity index (χ0v) is 9.92. The van der Waals surface area contributed by atoms with Gasteiger partial charge in [0.1, 0.15) is 11.8 Å². The van der Waals surface area contributed by atoms with E-state index in [2.05, 4.69) is 5.32 Å². The average molecular weight is 253 g/mol. The lowest BCUT2D eigenvalue weighted by molar-refractivity contribution is -0.140. The van der Waals surface area contributed by atoms with Gasteiger partial charge in [0.15, 0.2) is 6.61 Å². The molecule has 0 saturated carbocycles. The number of carbonyl (C=O) groups is 2. The van der Waals surface area contributed by atoms with Gasteiger partial charge in [-0.05, 0) is 24.6 Å². The first-order valence-electron chi connectivity index (χ1n) is 5.38. The molecule has 0 unspecified atom stereocenters. The van der Waals surface area contributed by atoms with Crippen LogP contribution in [0.1, 0.15) is 12.5 Å². The van der Waals surface area contributed by atoms with Crippen LogP contribution in [0.2, 0.25) is 0 Å². The largest absolute Gasteiger partial charge is 0.482 e. The van der Waals surface area contributed by atoms with Gasteiger partial charge in [-0.15, -0.1) is 0 Å². The quantitative estimate of drug-likeness (QED) is 0.662. The van der Waals surface area contributed by atoms with Gasteiger partial charge in [0, 0.05) is 6.54 Å². The molecular weight excluding hydrogens is 238 g/mol. The van der Waals surface area contributed by atoms with Crippen LogP contribution in [0.3, 0.4) is 0 Å². The Morgan fingerprint density at radius 2 is 2.11 bits per heavy atom.